The summed E-state index contributed by atoms with van der Waals surface area (Å²) in [5.41, 5.74) is -1.36. The van der Waals surface area contributed by atoms with Crippen molar-refractivity contribution in [2.45, 2.75) is 38.3 Å². The Labute approximate surface area is 115 Å². The Balaban J connectivity index is 2.57. The van der Waals surface area contributed by atoms with Gasteiger partial charge in [0.05, 0.1) is 17.0 Å². The average Bonchev–Trinajstić information content (AvgIpc) is 3.17. The van der Waals surface area contributed by atoms with E-state index in [1.54, 1.807) is 13.8 Å². The minimum atomic E-state index is -4.52. The second kappa shape index (κ2) is 4.62. The molecule has 0 N–H and O–H groups in total. The van der Waals surface area contributed by atoms with Crippen molar-refractivity contribution in [3.63, 3.8) is 0 Å². The predicted octanol–water partition coefficient (Wildman–Crippen LogP) is 4.10. The van der Waals surface area contributed by atoms with Gasteiger partial charge in [-0.1, -0.05) is 13.8 Å². The van der Waals surface area contributed by atoms with Crippen LogP contribution in [0.5, 0.6) is 0 Å². The Morgan fingerprint density at radius 1 is 1.30 bits per heavy atom. The molecule has 0 bridgehead atoms. The highest BCUT2D eigenvalue weighted by Gasteiger charge is 2.46. The van der Waals surface area contributed by atoms with Crippen LogP contribution in [0.15, 0.2) is 18.2 Å². The molecule has 106 valence electrons. The first-order valence-electron chi connectivity index (χ1n) is 6.38. The highest BCUT2D eigenvalue weighted by molar-refractivity contribution is 5.97. The molecule has 1 saturated carbocycles. The minimum Gasteiger partial charge on any atom is -0.294 e. The molecule has 2 rings (SSSR count). The van der Waals surface area contributed by atoms with Gasteiger partial charge in [0.25, 0.3) is 0 Å². The van der Waals surface area contributed by atoms with Crippen molar-refractivity contribution in [1.29, 1.82) is 5.26 Å². The Hall–Kier alpha value is -1.83. The summed E-state index contributed by atoms with van der Waals surface area (Å²) in [5.74, 6) is -0.727. The van der Waals surface area contributed by atoms with Gasteiger partial charge in [0.1, 0.15) is 0 Å². The summed E-state index contributed by atoms with van der Waals surface area (Å²) in [6.07, 6.45) is -3.44. The standard InChI is InChI=1S/C15H14F3NO/c1-9(2)13(20)10-5-11(14(8-19)3-4-14)7-12(6-10)15(16,17)18/h5-7,9H,3-4H2,1-2H3. The maximum absolute atomic E-state index is 12.9. The van der Waals surface area contributed by atoms with E-state index in [2.05, 4.69) is 6.07 Å². The lowest BCUT2D eigenvalue weighted by atomic mass is 9.90. The number of nitrogens with zero attached hydrogens (tertiary/aromatic N) is 1. The lowest BCUT2D eigenvalue weighted by molar-refractivity contribution is -0.137. The molecule has 0 spiro atoms. The molecule has 2 nitrogen and oxygen atoms in total. The predicted molar refractivity (Wildman–Crippen MR) is 67.1 cm³/mol. The van der Waals surface area contributed by atoms with Crippen LogP contribution in [-0.2, 0) is 11.6 Å². The Bertz CT molecular complexity index is 592. The van der Waals surface area contributed by atoms with Crippen molar-refractivity contribution in [3.05, 3.63) is 34.9 Å². The number of carbonyl (C=O) groups is 1. The van der Waals surface area contributed by atoms with Crippen molar-refractivity contribution in [2.75, 3.05) is 0 Å². The fraction of sp³-hybridized carbons (Fsp3) is 0.467. The SMILES string of the molecule is CC(C)C(=O)c1cc(C(F)(F)F)cc(C2(C#N)CC2)c1. The maximum Gasteiger partial charge on any atom is 0.416 e. The quantitative estimate of drug-likeness (QED) is 0.783. The monoisotopic (exact) mass is 281 g/mol. The molecule has 0 radical (unpaired) electrons. The highest BCUT2D eigenvalue weighted by atomic mass is 19.4. The van der Waals surface area contributed by atoms with Crippen LogP contribution in [0.1, 0.15) is 48.2 Å². The molecule has 0 aliphatic heterocycles. The summed E-state index contributed by atoms with van der Waals surface area (Å²) in [6, 6.07) is 5.37. The number of carbonyl (C=O) groups excluding carboxylic acids is 1. The number of nitriles is 1. The second-order valence-corrected chi connectivity index (χ2v) is 5.51. The summed E-state index contributed by atoms with van der Waals surface area (Å²) in [4.78, 5) is 12.0. The van der Waals surface area contributed by atoms with Crippen LogP contribution in [-0.4, -0.2) is 5.78 Å². The van der Waals surface area contributed by atoms with E-state index in [1.165, 1.54) is 6.07 Å². The molecule has 0 unspecified atom stereocenters. The van der Waals surface area contributed by atoms with Gasteiger partial charge in [-0.3, -0.25) is 4.79 Å². The molecule has 0 amide bonds. The zero-order valence-corrected chi connectivity index (χ0v) is 11.2. The molecular weight excluding hydrogens is 267 g/mol. The number of halogens is 3. The van der Waals surface area contributed by atoms with E-state index in [1.807, 2.05) is 0 Å². The van der Waals surface area contributed by atoms with Gasteiger partial charge < -0.3 is 0 Å². The molecule has 1 aromatic carbocycles. The van der Waals surface area contributed by atoms with Gasteiger partial charge in [0.2, 0.25) is 0 Å². The van der Waals surface area contributed by atoms with E-state index in [-0.39, 0.29) is 17.3 Å². The fourth-order valence-corrected chi connectivity index (χ4v) is 2.13. The Morgan fingerprint density at radius 3 is 2.30 bits per heavy atom. The molecular formula is C15H14F3NO. The summed E-state index contributed by atoms with van der Waals surface area (Å²) in [7, 11) is 0. The van der Waals surface area contributed by atoms with Gasteiger partial charge >= 0.3 is 6.18 Å². The highest BCUT2D eigenvalue weighted by Crippen LogP contribution is 2.49. The third-order valence-corrected chi connectivity index (χ3v) is 3.59. The molecule has 0 atom stereocenters. The molecule has 1 aromatic rings. The third-order valence-electron chi connectivity index (χ3n) is 3.59. The van der Waals surface area contributed by atoms with Gasteiger partial charge in [-0.15, -0.1) is 0 Å². The number of hydrogen-bond donors (Lipinski definition) is 0. The molecule has 5 heteroatoms. The van der Waals surface area contributed by atoms with Crippen molar-refractivity contribution in [1.82, 2.24) is 0 Å². The van der Waals surface area contributed by atoms with Crippen molar-refractivity contribution >= 4 is 5.78 Å². The van der Waals surface area contributed by atoms with Crippen LogP contribution in [0.25, 0.3) is 0 Å². The molecule has 20 heavy (non-hydrogen) atoms. The van der Waals surface area contributed by atoms with Crippen molar-refractivity contribution < 1.29 is 18.0 Å². The Kier molecular flexibility index (Phi) is 3.37. The smallest absolute Gasteiger partial charge is 0.294 e. The zero-order valence-electron chi connectivity index (χ0n) is 11.2. The molecule has 0 heterocycles. The van der Waals surface area contributed by atoms with E-state index in [0.29, 0.717) is 18.4 Å². The van der Waals surface area contributed by atoms with Gasteiger partial charge in [0.15, 0.2) is 5.78 Å². The van der Waals surface area contributed by atoms with E-state index >= 15 is 0 Å². The second-order valence-electron chi connectivity index (χ2n) is 5.51. The Morgan fingerprint density at radius 2 is 1.90 bits per heavy atom. The topological polar surface area (TPSA) is 40.9 Å². The lowest BCUT2D eigenvalue weighted by Crippen LogP contribution is -2.14. The first-order valence-corrected chi connectivity index (χ1v) is 6.38. The van der Waals surface area contributed by atoms with Crippen LogP contribution in [0.4, 0.5) is 13.2 Å². The van der Waals surface area contributed by atoms with Gasteiger partial charge in [-0.2, -0.15) is 18.4 Å². The number of alkyl halides is 3. The molecule has 1 fully saturated rings. The van der Waals surface area contributed by atoms with Crippen molar-refractivity contribution in [2.24, 2.45) is 5.92 Å². The molecule has 0 aromatic heterocycles. The zero-order chi connectivity index (χ0) is 15.1. The van der Waals surface area contributed by atoms with E-state index in [4.69, 9.17) is 5.26 Å². The van der Waals surface area contributed by atoms with Crippen LogP contribution in [0.2, 0.25) is 0 Å². The largest absolute Gasteiger partial charge is 0.416 e. The third kappa shape index (κ3) is 2.55. The first-order chi connectivity index (χ1) is 9.19. The van der Waals surface area contributed by atoms with Gasteiger partial charge in [-0.25, -0.2) is 0 Å². The normalized spacial score (nSPS) is 16.9. The van der Waals surface area contributed by atoms with Crippen LogP contribution >= 0.6 is 0 Å². The molecule has 1 aliphatic rings. The van der Waals surface area contributed by atoms with Crippen LogP contribution in [0, 0.1) is 17.2 Å². The number of hydrogen-bond acceptors (Lipinski definition) is 2. The number of benzene rings is 1. The molecule has 1 aliphatic carbocycles. The van der Waals surface area contributed by atoms with Crippen molar-refractivity contribution in [3.8, 4) is 6.07 Å². The van der Waals surface area contributed by atoms with E-state index in [9.17, 15) is 18.0 Å². The van der Waals surface area contributed by atoms with E-state index in [0.717, 1.165) is 12.1 Å². The lowest BCUT2D eigenvalue weighted by Gasteiger charge is -2.15. The summed E-state index contributed by atoms with van der Waals surface area (Å²) >= 11 is 0. The minimum absolute atomic E-state index is 0.0337. The van der Waals surface area contributed by atoms with Crippen LogP contribution in [0.3, 0.4) is 0 Å². The number of rotatable bonds is 3. The first kappa shape index (κ1) is 14.6. The summed E-state index contributed by atoms with van der Waals surface area (Å²) in [6.45, 7) is 3.28. The average molecular weight is 281 g/mol. The molecule has 0 saturated heterocycles. The van der Waals surface area contributed by atoms with E-state index < -0.39 is 17.2 Å². The fourth-order valence-electron chi connectivity index (χ4n) is 2.13. The summed E-state index contributed by atoms with van der Waals surface area (Å²) < 4.78 is 38.8. The summed E-state index contributed by atoms with van der Waals surface area (Å²) in [5, 5.41) is 9.13. The number of ketones is 1. The maximum atomic E-state index is 12.9. The van der Waals surface area contributed by atoms with Gasteiger partial charge in [-0.05, 0) is 36.6 Å². The van der Waals surface area contributed by atoms with Gasteiger partial charge in [0, 0.05) is 11.5 Å². The van der Waals surface area contributed by atoms with Crippen LogP contribution < -0.4 is 0 Å². The number of Topliss-reactive ketones (excluding diaryl/α,β-unsaturated/α-hetero) is 1.